The highest BCUT2D eigenvalue weighted by molar-refractivity contribution is 5.89. The van der Waals surface area contributed by atoms with E-state index in [4.69, 9.17) is 18.9 Å². The molecule has 6 rings (SSSR count). The molecule has 0 bridgehead atoms. The lowest BCUT2D eigenvalue weighted by Gasteiger charge is -2.22. The fourth-order valence-corrected chi connectivity index (χ4v) is 4.84. The van der Waals surface area contributed by atoms with E-state index in [9.17, 15) is 19.5 Å². The fraction of sp³-hybridized carbons (Fsp3) is 0.357. The third-order valence-electron chi connectivity index (χ3n) is 6.96. The number of nitrogens with zero attached hydrogens (tertiary/aromatic N) is 2. The van der Waals surface area contributed by atoms with Gasteiger partial charge in [-0.2, -0.15) is 4.98 Å². The summed E-state index contributed by atoms with van der Waals surface area (Å²) in [6.45, 7) is 0.123. The maximum Gasteiger partial charge on any atom is 0.351 e. The predicted octanol–water partition coefficient (Wildman–Crippen LogP) is 2.82. The first-order chi connectivity index (χ1) is 19.5. The SMILES string of the molecule is O=C(Nc1ccn([C@@H]2O[C@H](COCc3ccccc3C(=O)O)C3O[C@H](c4ccccc4)O[C@@H]32)c(=O)n1)NC1CC1. The van der Waals surface area contributed by atoms with Crippen molar-refractivity contribution in [3.63, 3.8) is 0 Å². The highest BCUT2D eigenvalue weighted by Gasteiger charge is 2.54. The van der Waals surface area contributed by atoms with Crippen LogP contribution in [-0.2, 0) is 25.6 Å². The average molecular weight is 549 g/mol. The van der Waals surface area contributed by atoms with Crippen LogP contribution in [0.1, 0.15) is 46.8 Å². The first kappa shape index (κ1) is 26.1. The van der Waals surface area contributed by atoms with E-state index in [0.29, 0.717) is 5.56 Å². The number of carbonyl (C=O) groups excluding carboxylic acids is 1. The van der Waals surface area contributed by atoms with Gasteiger partial charge in [0.15, 0.2) is 12.5 Å². The summed E-state index contributed by atoms with van der Waals surface area (Å²) in [7, 11) is 0. The lowest BCUT2D eigenvalue weighted by molar-refractivity contribution is -0.159. The summed E-state index contributed by atoms with van der Waals surface area (Å²) in [6, 6.07) is 17.3. The first-order valence-electron chi connectivity index (χ1n) is 13.0. The van der Waals surface area contributed by atoms with E-state index >= 15 is 0 Å². The Morgan fingerprint density at radius 1 is 1.00 bits per heavy atom. The number of carboxylic acids is 1. The van der Waals surface area contributed by atoms with Gasteiger partial charge in [-0.1, -0.05) is 48.5 Å². The van der Waals surface area contributed by atoms with Crippen molar-refractivity contribution in [2.45, 2.75) is 56.3 Å². The van der Waals surface area contributed by atoms with Crippen LogP contribution in [0.3, 0.4) is 0 Å². The van der Waals surface area contributed by atoms with Gasteiger partial charge in [0.1, 0.15) is 24.1 Å². The topological polar surface area (TPSA) is 150 Å². The van der Waals surface area contributed by atoms with Crippen LogP contribution < -0.4 is 16.3 Å². The summed E-state index contributed by atoms with van der Waals surface area (Å²) in [5, 5.41) is 14.8. The normalized spacial score (nSPS) is 25.4. The molecule has 2 saturated heterocycles. The fourth-order valence-electron chi connectivity index (χ4n) is 4.84. The van der Waals surface area contributed by atoms with Crippen molar-refractivity contribution in [2.24, 2.45) is 0 Å². The Hall–Kier alpha value is -4.10. The summed E-state index contributed by atoms with van der Waals surface area (Å²) in [5.74, 6) is -0.916. The molecule has 3 aromatic rings. The zero-order valence-electron chi connectivity index (χ0n) is 21.3. The smallest absolute Gasteiger partial charge is 0.351 e. The summed E-state index contributed by atoms with van der Waals surface area (Å²) in [6.07, 6.45) is -0.00758. The molecule has 208 valence electrons. The molecule has 1 saturated carbocycles. The van der Waals surface area contributed by atoms with Gasteiger partial charge in [-0.3, -0.25) is 9.88 Å². The van der Waals surface area contributed by atoms with E-state index < -0.39 is 48.5 Å². The van der Waals surface area contributed by atoms with E-state index in [1.54, 1.807) is 18.2 Å². The Morgan fingerprint density at radius 2 is 1.75 bits per heavy atom. The molecular weight excluding hydrogens is 520 g/mol. The zero-order chi connectivity index (χ0) is 27.6. The van der Waals surface area contributed by atoms with Crippen LogP contribution in [0.15, 0.2) is 71.7 Å². The van der Waals surface area contributed by atoms with Gasteiger partial charge in [-0.05, 0) is 30.5 Å². The van der Waals surface area contributed by atoms with Gasteiger partial charge in [0.25, 0.3) is 0 Å². The van der Waals surface area contributed by atoms with E-state index in [2.05, 4.69) is 15.6 Å². The first-order valence-corrected chi connectivity index (χ1v) is 13.0. The van der Waals surface area contributed by atoms with Gasteiger partial charge >= 0.3 is 17.7 Å². The van der Waals surface area contributed by atoms with Gasteiger partial charge < -0.3 is 29.4 Å². The number of anilines is 1. The van der Waals surface area contributed by atoms with Crippen LogP contribution in [0, 0.1) is 0 Å². The average Bonchev–Trinajstić information content (AvgIpc) is 3.54. The van der Waals surface area contributed by atoms with Gasteiger partial charge in [0.05, 0.1) is 18.8 Å². The Labute approximate surface area is 228 Å². The highest BCUT2D eigenvalue weighted by atomic mass is 16.8. The van der Waals surface area contributed by atoms with E-state index in [1.165, 1.54) is 22.9 Å². The van der Waals surface area contributed by atoms with Crippen molar-refractivity contribution in [3.05, 3.63) is 94.0 Å². The van der Waals surface area contributed by atoms with Gasteiger partial charge in [-0.25, -0.2) is 14.4 Å². The summed E-state index contributed by atoms with van der Waals surface area (Å²) in [5.41, 5.74) is 0.877. The Kier molecular flexibility index (Phi) is 7.30. The number of hydrogen-bond acceptors (Lipinski definition) is 8. The Bertz CT molecular complexity index is 1440. The van der Waals surface area contributed by atoms with Crippen LogP contribution in [0.4, 0.5) is 10.6 Å². The van der Waals surface area contributed by atoms with Crippen LogP contribution in [0.25, 0.3) is 0 Å². The molecule has 0 radical (unpaired) electrons. The Balaban J connectivity index is 1.19. The summed E-state index contributed by atoms with van der Waals surface area (Å²) >= 11 is 0. The molecule has 1 unspecified atom stereocenters. The summed E-state index contributed by atoms with van der Waals surface area (Å²) < 4.78 is 25.9. The third-order valence-corrected chi connectivity index (χ3v) is 6.96. The van der Waals surface area contributed by atoms with Crippen molar-refractivity contribution in [1.82, 2.24) is 14.9 Å². The molecule has 2 amide bonds. The quantitative estimate of drug-likeness (QED) is 0.367. The lowest BCUT2D eigenvalue weighted by Crippen LogP contribution is -2.35. The summed E-state index contributed by atoms with van der Waals surface area (Å²) in [4.78, 5) is 40.6. The molecule has 12 heteroatoms. The van der Waals surface area contributed by atoms with Crippen molar-refractivity contribution < 1.29 is 33.6 Å². The molecule has 12 nitrogen and oxygen atoms in total. The highest BCUT2D eigenvalue weighted by Crippen LogP contribution is 2.43. The second kappa shape index (κ2) is 11.2. The molecular formula is C28H28N4O8. The Morgan fingerprint density at radius 3 is 2.50 bits per heavy atom. The minimum absolute atomic E-state index is 0.0537. The van der Waals surface area contributed by atoms with Crippen molar-refractivity contribution in [3.8, 4) is 0 Å². The van der Waals surface area contributed by atoms with Gasteiger partial charge in [-0.15, -0.1) is 0 Å². The molecule has 3 aliphatic rings. The molecule has 3 fully saturated rings. The molecule has 3 N–H and O–H groups in total. The maximum atomic E-state index is 13.0. The number of rotatable bonds is 9. The standard InChI is InChI=1S/C28H28N4O8/c33-25(34)19-9-5-4-8-17(19)14-37-15-20-22-23(40-26(39-22)16-6-2-1-3-7-16)24(38-20)32-13-12-21(31-28(32)36)30-27(35)29-18-10-11-18/h1-9,12-13,18,20,22-24,26H,10-11,14-15H2,(H,33,34)(H2,29,30,31,35,36)/t20-,22?,23+,24-,26+/m1/s1. The van der Waals surface area contributed by atoms with Crippen LogP contribution in [-0.4, -0.2) is 57.6 Å². The van der Waals surface area contributed by atoms with E-state index in [0.717, 1.165) is 18.4 Å². The molecule has 2 aliphatic heterocycles. The molecule has 40 heavy (non-hydrogen) atoms. The molecule has 0 spiro atoms. The monoisotopic (exact) mass is 548 g/mol. The maximum absolute atomic E-state index is 13.0. The van der Waals surface area contributed by atoms with Crippen LogP contribution in [0.5, 0.6) is 0 Å². The number of aromatic carboxylic acids is 1. The number of ether oxygens (including phenoxy) is 4. The van der Waals surface area contributed by atoms with Crippen LogP contribution >= 0.6 is 0 Å². The van der Waals surface area contributed by atoms with Gasteiger partial charge in [0.2, 0.25) is 0 Å². The van der Waals surface area contributed by atoms with Crippen molar-refractivity contribution in [1.29, 1.82) is 0 Å². The number of fused-ring (bicyclic) bond motifs is 1. The number of urea groups is 1. The number of aromatic nitrogens is 2. The van der Waals surface area contributed by atoms with Crippen LogP contribution in [0.2, 0.25) is 0 Å². The number of benzene rings is 2. The second-order valence-electron chi connectivity index (χ2n) is 9.86. The van der Waals surface area contributed by atoms with Crippen molar-refractivity contribution >= 4 is 17.8 Å². The number of nitrogens with one attached hydrogen (secondary N) is 2. The zero-order valence-corrected chi connectivity index (χ0v) is 21.3. The van der Waals surface area contributed by atoms with E-state index in [1.807, 2.05) is 30.3 Å². The van der Waals surface area contributed by atoms with Crippen molar-refractivity contribution in [2.75, 3.05) is 11.9 Å². The molecule has 5 atom stereocenters. The second-order valence-corrected chi connectivity index (χ2v) is 9.86. The number of amides is 2. The number of hydrogen-bond donors (Lipinski definition) is 3. The molecule has 1 aliphatic carbocycles. The third kappa shape index (κ3) is 5.61. The minimum atomic E-state index is -1.04. The molecule has 3 heterocycles. The lowest BCUT2D eigenvalue weighted by atomic mass is 10.1. The van der Waals surface area contributed by atoms with E-state index in [-0.39, 0.29) is 30.6 Å². The number of carboxylic acid groups (broad SMARTS) is 1. The van der Waals surface area contributed by atoms with Gasteiger partial charge in [0, 0.05) is 17.8 Å². The minimum Gasteiger partial charge on any atom is -0.478 e. The number of carbonyl (C=O) groups is 2. The predicted molar refractivity (Wildman–Crippen MR) is 140 cm³/mol. The molecule has 2 aromatic carbocycles. The molecule has 1 aromatic heterocycles. The largest absolute Gasteiger partial charge is 0.478 e.